The number of terminal acetylenes is 1. The highest BCUT2D eigenvalue weighted by molar-refractivity contribution is 5.96. The summed E-state index contributed by atoms with van der Waals surface area (Å²) in [4.78, 5) is 22.7. The Morgan fingerprint density at radius 1 is 1.47 bits per heavy atom. The van der Waals surface area contributed by atoms with Crippen LogP contribution in [-0.2, 0) is 4.79 Å². The lowest BCUT2D eigenvalue weighted by molar-refractivity contribution is -0.139. The Morgan fingerprint density at radius 3 is 2.79 bits per heavy atom. The highest BCUT2D eigenvalue weighted by atomic mass is 19.1. The smallest absolute Gasteiger partial charge is 0.326 e. The molecular weight excluding hydrogens is 249 g/mol. The molecule has 5 heteroatoms. The van der Waals surface area contributed by atoms with Crippen molar-refractivity contribution in [3.8, 4) is 12.3 Å². The standard InChI is InChI=1S/C14H14FNO3/c1-2-3-4-8-12(14(18)19)16-13(17)10-6-5-7-11(15)9-10/h1,5-7,9,12H,3-4,8H2,(H,16,17)(H,18,19)/t12-/m0/s1. The van der Waals surface area contributed by atoms with Gasteiger partial charge in [-0.1, -0.05) is 6.07 Å². The van der Waals surface area contributed by atoms with E-state index in [0.717, 1.165) is 6.07 Å². The SMILES string of the molecule is C#CCCC[C@H](NC(=O)c1cccc(F)c1)C(=O)O. The van der Waals surface area contributed by atoms with Gasteiger partial charge in [0, 0.05) is 12.0 Å². The number of hydrogen-bond acceptors (Lipinski definition) is 2. The van der Waals surface area contributed by atoms with Gasteiger partial charge in [-0.3, -0.25) is 4.79 Å². The third kappa shape index (κ3) is 4.80. The maximum atomic E-state index is 13.0. The Morgan fingerprint density at radius 2 is 2.21 bits per heavy atom. The zero-order valence-electron chi connectivity index (χ0n) is 10.2. The summed E-state index contributed by atoms with van der Waals surface area (Å²) < 4.78 is 13.0. The van der Waals surface area contributed by atoms with E-state index in [1.54, 1.807) is 0 Å². The zero-order valence-corrected chi connectivity index (χ0v) is 10.2. The lowest BCUT2D eigenvalue weighted by Gasteiger charge is -2.13. The van der Waals surface area contributed by atoms with E-state index in [9.17, 15) is 14.0 Å². The molecule has 1 rings (SSSR count). The third-order valence-corrected chi connectivity index (χ3v) is 2.50. The summed E-state index contributed by atoms with van der Waals surface area (Å²) in [6, 6.07) is 4.04. The molecule has 0 aliphatic rings. The summed E-state index contributed by atoms with van der Waals surface area (Å²) in [5.41, 5.74) is 0.0863. The van der Waals surface area contributed by atoms with Gasteiger partial charge in [-0.25, -0.2) is 9.18 Å². The van der Waals surface area contributed by atoms with Crippen LogP contribution in [0.25, 0.3) is 0 Å². The molecule has 0 saturated heterocycles. The van der Waals surface area contributed by atoms with Crippen molar-refractivity contribution < 1.29 is 19.1 Å². The number of carbonyl (C=O) groups is 2. The summed E-state index contributed by atoms with van der Waals surface area (Å²) in [5, 5.41) is 11.3. The van der Waals surface area contributed by atoms with Gasteiger partial charge in [-0.15, -0.1) is 12.3 Å². The minimum atomic E-state index is -1.14. The summed E-state index contributed by atoms with van der Waals surface area (Å²) in [5.74, 6) is 0.0948. The molecular formula is C14H14FNO3. The maximum Gasteiger partial charge on any atom is 0.326 e. The number of carboxylic acid groups (broad SMARTS) is 1. The fourth-order valence-electron chi connectivity index (χ4n) is 1.54. The summed E-state index contributed by atoms with van der Waals surface area (Å²) in [6.45, 7) is 0. The quantitative estimate of drug-likeness (QED) is 0.607. The number of halogens is 1. The summed E-state index contributed by atoms with van der Waals surface area (Å²) in [6.07, 6.45) is 6.25. The predicted molar refractivity (Wildman–Crippen MR) is 68.0 cm³/mol. The van der Waals surface area contributed by atoms with Gasteiger partial charge in [0.15, 0.2) is 0 Å². The molecule has 0 spiro atoms. The average molecular weight is 263 g/mol. The molecule has 0 fully saturated rings. The molecule has 0 heterocycles. The van der Waals surface area contributed by atoms with Crippen molar-refractivity contribution in [1.29, 1.82) is 0 Å². The van der Waals surface area contributed by atoms with Gasteiger partial charge >= 0.3 is 5.97 Å². The Balaban J connectivity index is 2.66. The lowest BCUT2D eigenvalue weighted by atomic mass is 10.1. The van der Waals surface area contributed by atoms with E-state index in [-0.39, 0.29) is 12.0 Å². The van der Waals surface area contributed by atoms with Gasteiger partial charge in [-0.05, 0) is 31.0 Å². The fraction of sp³-hybridized carbons (Fsp3) is 0.286. The first-order valence-electron chi connectivity index (χ1n) is 5.77. The van der Waals surface area contributed by atoms with Gasteiger partial charge in [0.2, 0.25) is 0 Å². The van der Waals surface area contributed by atoms with Gasteiger partial charge < -0.3 is 10.4 Å². The maximum absolute atomic E-state index is 13.0. The first-order chi connectivity index (χ1) is 9.04. The molecule has 0 bridgehead atoms. The van der Waals surface area contributed by atoms with Crippen LogP contribution in [0.2, 0.25) is 0 Å². The molecule has 1 aromatic rings. The van der Waals surface area contributed by atoms with Crippen LogP contribution in [0.15, 0.2) is 24.3 Å². The Kier molecular flexibility index (Phi) is 5.55. The van der Waals surface area contributed by atoms with Crippen LogP contribution >= 0.6 is 0 Å². The van der Waals surface area contributed by atoms with Crippen molar-refractivity contribution in [3.05, 3.63) is 35.6 Å². The minimum absolute atomic E-state index is 0.0863. The van der Waals surface area contributed by atoms with Crippen molar-refractivity contribution in [3.63, 3.8) is 0 Å². The molecule has 0 aromatic heterocycles. The molecule has 4 nitrogen and oxygen atoms in total. The molecule has 1 aromatic carbocycles. The molecule has 0 unspecified atom stereocenters. The molecule has 0 aliphatic heterocycles. The van der Waals surface area contributed by atoms with Crippen LogP contribution in [0.1, 0.15) is 29.6 Å². The van der Waals surface area contributed by atoms with E-state index in [1.807, 2.05) is 0 Å². The third-order valence-electron chi connectivity index (χ3n) is 2.50. The number of carboxylic acids is 1. The second kappa shape index (κ2) is 7.17. The number of aliphatic carboxylic acids is 1. The summed E-state index contributed by atoms with van der Waals surface area (Å²) in [7, 11) is 0. The lowest BCUT2D eigenvalue weighted by Crippen LogP contribution is -2.40. The van der Waals surface area contributed by atoms with E-state index in [4.69, 9.17) is 11.5 Å². The van der Waals surface area contributed by atoms with Crippen LogP contribution < -0.4 is 5.32 Å². The van der Waals surface area contributed by atoms with Gasteiger partial charge in [0.05, 0.1) is 0 Å². The average Bonchev–Trinajstić information content (AvgIpc) is 2.37. The molecule has 2 N–H and O–H groups in total. The first-order valence-corrected chi connectivity index (χ1v) is 5.77. The second-order valence-corrected chi connectivity index (χ2v) is 3.97. The van der Waals surface area contributed by atoms with Crippen molar-refractivity contribution in [2.45, 2.75) is 25.3 Å². The number of benzene rings is 1. The van der Waals surface area contributed by atoms with Crippen molar-refractivity contribution >= 4 is 11.9 Å². The predicted octanol–water partition coefficient (Wildman–Crippen LogP) is 1.81. The normalized spacial score (nSPS) is 11.4. The molecule has 100 valence electrons. The van der Waals surface area contributed by atoms with Gasteiger partial charge in [-0.2, -0.15) is 0 Å². The number of hydrogen-bond donors (Lipinski definition) is 2. The van der Waals surface area contributed by atoms with Crippen LogP contribution in [-0.4, -0.2) is 23.0 Å². The number of carbonyl (C=O) groups excluding carboxylic acids is 1. The van der Waals surface area contributed by atoms with Crippen LogP contribution in [0.5, 0.6) is 0 Å². The highest BCUT2D eigenvalue weighted by Gasteiger charge is 2.20. The first kappa shape index (κ1) is 14.7. The van der Waals surface area contributed by atoms with Gasteiger partial charge in [0.25, 0.3) is 5.91 Å². The van der Waals surface area contributed by atoms with E-state index >= 15 is 0 Å². The van der Waals surface area contributed by atoms with Crippen molar-refractivity contribution in [1.82, 2.24) is 5.32 Å². The van der Waals surface area contributed by atoms with Crippen LogP contribution in [0.3, 0.4) is 0 Å². The second-order valence-electron chi connectivity index (χ2n) is 3.97. The monoisotopic (exact) mass is 263 g/mol. The van der Waals surface area contributed by atoms with E-state index in [0.29, 0.717) is 12.8 Å². The number of unbranched alkanes of at least 4 members (excludes halogenated alkanes) is 1. The topological polar surface area (TPSA) is 66.4 Å². The number of rotatable bonds is 6. The van der Waals surface area contributed by atoms with Crippen molar-refractivity contribution in [2.24, 2.45) is 0 Å². The molecule has 1 amide bonds. The molecule has 0 saturated carbocycles. The zero-order chi connectivity index (χ0) is 14.3. The molecule has 0 radical (unpaired) electrons. The van der Waals surface area contributed by atoms with E-state index in [2.05, 4.69) is 11.2 Å². The van der Waals surface area contributed by atoms with Crippen LogP contribution in [0, 0.1) is 18.2 Å². The Bertz CT molecular complexity index is 508. The number of nitrogens with one attached hydrogen (secondary N) is 1. The molecule has 19 heavy (non-hydrogen) atoms. The number of amides is 1. The van der Waals surface area contributed by atoms with E-state index in [1.165, 1.54) is 18.2 Å². The summed E-state index contributed by atoms with van der Waals surface area (Å²) >= 11 is 0. The Hall–Kier alpha value is -2.35. The van der Waals surface area contributed by atoms with E-state index < -0.39 is 23.7 Å². The highest BCUT2D eigenvalue weighted by Crippen LogP contribution is 2.06. The van der Waals surface area contributed by atoms with Gasteiger partial charge in [0.1, 0.15) is 11.9 Å². The largest absolute Gasteiger partial charge is 0.480 e. The minimum Gasteiger partial charge on any atom is -0.480 e. The molecule has 0 aliphatic carbocycles. The Labute approximate surface area is 110 Å². The molecule has 1 atom stereocenters. The van der Waals surface area contributed by atoms with Crippen LogP contribution in [0.4, 0.5) is 4.39 Å². The fourth-order valence-corrected chi connectivity index (χ4v) is 1.54. The van der Waals surface area contributed by atoms with Crippen molar-refractivity contribution in [2.75, 3.05) is 0 Å².